The van der Waals surface area contributed by atoms with Crippen LogP contribution in [0.3, 0.4) is 0 Å². The third kappa shape index (κ3) is 7.85. The van der Waals surface area contributed by atoms with E-state index in [-0.39, 0.29) is 36.6 Å². The van der Waals surface area contributed by atoms with Crippen molar-refractivity contribution in [3.63, 3.8) is 0 Å². The molecule has 2 aromatic rings. The zero-order chi connectivity index (χ0) is 18.9. The SMILES string of the molecule is Cl.Cl.O=C(NC(Cc1ccccc1)C(=O)NCC1=CCNCC1)c1cccnc1. The van der Waals surface area contributed by atoms with E-state index in [0.717, 1.165) is 25.1 Å². The average Bonchev–Trinajstić information content (AvgIpc) is 2.73. The highest BCUT2D eigenvalue weighted by Gasteiger charge is 2.22. The van der Waals surface area contributed by atoms with Gasteiger partial charge in [-0.05, 0) is 30.7 Å². The number of carbonyl (C=O) groups is 2. The molecule has 0 radical (unpaired) electrons. The molecule has 29 heavy (non-hydrogen) atoms. The van der Waals surface area contributed by atoms with Gasteiger partial charge in [0.2, 0.25) is 5.91 Å². The summed E-state index contributed by atoms with van der Waals surface area (Å²) in [4.78, 5) is 29.2. The molecule has 1 aliphatic rings. The van der Waals surface area contributed by atoms with Crippen LogP contribution >= 0.6 is 24.8 Å². The zero-order valence-corrected chi connectivity index (χ0v) is 17.6. The Hall–Kier alpha value is -2.41. The Balaban J connectivity index is 0.00000210. The summed E-state index contributed by atoms with van der Waals surface area (Å²) in [5.74, 6) is -0.490. The molecule has 1 unspecified atom stereocenters. The Morgan fingerprint density at radius 2 is 1.90 bits per heavy atom. The lowest BCUT2D eigenvalue weighted by Gasteiger charge is -2.20. The van der Waals surface area contributed by atoms with E-state index in [0.29, 0.717) is 18.5 Å². The normalized spacial score (nSPS) is 13.7. The number of nitrogens with one attached hydrogen (secondary N) is 3. The van der Waals surface area contributed by atoms with Crippen molar-refractivity contribution in [1.82, 2.24) is 20.9 Å². The quantitative estimate of drug-likeness (QED) is 0.581. The van der Waals surface area contributed by atoms with E-state index in [1.807, 2.05) is 30.3 Å². The maximum Gasteiger partial charge on any atom is 0.253 e. The second-order valence-electron chi connectivity index (χ2n) is 6.49. The number of rotatable bonds is 7. The van der Waals surface area contributed by atoms with Crippen LogP contribution in [0.1, 0.15) is 22.3 Å². The van der Waals surface area contributed by atoms with Crippen LogP contribution in [0.5, 0.6) is 0 Å². The van der Waals surface area contributed by atoms with Crippen LogP contribution in [-0.4, -0.2) is 42.5 Å². The fourth-order valence-electron chi connectivity index (χ4n) is 2.95. The highest BCUT2D eigenvalue weighted by Crippen LogP contribution is 2.07. The van der Waals surface area contributed by atoms with Crippen LogP contribution in [-0.2, 0) is 11.2 Å². The Morgan fingerprint density at radius 3 is 2.55 bits per heavy atom. The molecular formula is C21H26Cl2N4O2. The number of carbonyl (C=O) groups excluding carboxylic acids is 2. The highest BCUT2D eigenvalue weighted by molar-refractivity contribution is 5.97. The predicted octanol–water partition coefficient (Wildman–Crippen LogP) is 2.30. The second-order valence-corrected chi connectivity index (χ2v) is 6.49. The number of amides is 2. The van der Waals surface area contributed by atoms with Crippen molar-refractivity contribution in [3.05, 3.63) is 77.6 Å². The van der Waals surface area contributed by atoms with Crippen molar-refractivity contribution >= 4 is 36.6 Å². The smallest absolute Gasteiger partial charge is 0.253 e. The summed E-state index contributed by atoms with van der Waals surface area (Å²) >= 11 is 0. The molecule has 1 aliphatic heterocycles. The maximum absolute atomic E-state index is 12.8. The summed E-state index contributed by atoms with van der Waals surface area (Å²) in [5.41, 5.74) is 2.63. The third-order valence-corrected chi connectivity index (χ3v) is 4.48. The molecule has 6 nitrogen and oxygen atoms in total. The number of halogens is 2. The van der Waals surface area contributed by atoms with Gasteiger partial charge in [-0.15, -0.1) is 24.8 Å². The summed E-state index contributed by atoms with van der Waals surface area (Å²) in [6.07, 6.45) is 6.56. The Labute approximate surface area is 183 Å². The molecule has 2 amide bonds. The van der Waals surface area contributed by atoms with Crippen LogP contribution in [0.2, 0.25) is 0 Å². The molecule has 0 fully saturated rings. The first-order chi connectivity index (χ1) is 13.2. The standard InChI is InChI=1S/C21H24N4O2.2ClH/c26-20(18-7-4-10-23-15-18)25-19(13-16-5-2-1-3-6-16)21(27)24-14-17-8-11-22-12-9-17;;/h1-8,10,15,19,22H,9,11-14H2,(H,24,27)(H,25,26);2*1H. The van der Waals surface area contributed by atoms with Crippen molar-refractivity contribution in [2.45, 2.75) is 18.9 Å². The van der Waals surface area contributed by atoms with E-state index in [4.69, 9.17) is 0 Å². The largest absolute Gasteiger partial charge is 0.351 e. The molecule has 1 aromatic carbocycles. The topological polar surface area (TPSA) is 83.1 Å². The van der Waals surface area contributed by atoms with Crippen molar-refractivity contribution in [3.8, 4) is 0 Å². The highest BCUT2D eigenvalue weighted by atomic mass is 35.5. The lowest BCUT2D eigenvalue weighted by Crippen LogP contribution is -2.48. The van der Waals surface area contributed by atoms with Gasteiger partial charge in [0.15, 0.2) is 0 Å². The van der Waals surface area contributed by atoms with Gasteiger partial charge in [0.25, 0.3) is 5.91 Å². The minimum absolute atomic E-state index is 0. The predicted molar refractivity (Wildman–Crippen MR) is 119 cm³/mol. The van der Waals surface area contributed by atoms with Gasteiger partial charge < -0.3 is 16.0 Å². The second kappa shape index (κ2) is 12.9. The van der Waals surface area contributed by atoms with Crippen LogP contribution in [0.4, 0.5) is 0 Å². The number of hydrogen-bond acceptors (Lipinski definition) is 4. The zero-order valence-electron chi connectivity index (χ0n) is 16.0. The van der Waals surface area contributed by atoms with E-state index in [1.54, 1.807) is 18.3 Å². The van der Waals surface area contributed by atoms with Crippen molar-refractivity contribution in [1.29, 1.82) is 0 Å². The molecule has 8 heteroatoms. The van der Waals surface area contributed by atoms with Gasteiger partial charge in [-0.3, -0.25) is 14.6 Å². The van der Waals surface area contributed by atoms with E-state index in [9.17, 15) is 9.59 Å². The van der Waals surface area contributed by atoms with Crippen LogP contribution in [0.25, 0.3) is 0 Å². The van der Waals surface area contributed by atoms with E-state index in [1.165, 1.54) is 11.8 Å². The molecule has 1 aromatic heterocycles. The molecule has 0 aliphatic carbocycles. The molecule has 156 valence electrons. The molecule has 1 atom stereocenters. The Kier molecular flexibility index (Phi) is 11.0. The maximum atomic E-state index is 12.8. The first kappa shape index (κ1) is 24.6. The van der Waals surface area contributed by atoms with Gasteiger partial charge in [0.05, 0.1) is 5.56 Å². The number of hydrogen-bond donors (Lipinski definition) is 3. The summed E-state index contributed by atoms with van der Waals surface area (Å²) in [6.45, 7) is 2.26. The monoisotopic (exact) mass is 436 g/mol. The fraction of sp³-hybridized carbons (Fsp3) is 0.286. The number of benzene rings is 1. The fourth-order valence-corrected chi connectivity index (χ4v) is 2.95. The minimum Gasteiger partial charge on any atom is -0.351 e. The van der Waals surface area contributed by atoms with Gasteiger partial charge in [-0.25, -0.2) is 0 Å². The Morgan fingerprint density at radius 1 is 1.10 bits per heavy atom. The molecule has 2 heterocycles. The van der Waals surface area contributed by atoms with Gasteiger partial charge in [-0.2, -0.15) is 0 Å². The van der Waals surface area contributed by atoms with Crippen LogP contribution < -0.4 is 16.0 Å². The first-order valence-electron chi connectivity index (χ1n) is 9.13. The number of nitrogens with zero attached hydrogens (tertiary/aromatic N) is 1. The molecule has 0 spiro atoms. The lowest BCUT2D eigenvalue weighted by atomic mass is 10.0. The van der Waals surface area contributed by atoms with E-state index >= 15 is 0 Å². The van der Waals surface area contributed by atoms with Gasteiger partial charge in [0, 0.05) is 31.9 Å². The molecular weight excluding hydrogens is 411 g/mol. The lowest BCUT2D eigenvalue weighted by molar-refractivity contribution is -0.122. The van der Waals surface area contributed by atoms with Gasteiger partial charge in [0.1, 0.15) is 6.04 Å². The van der Waals surface area contributed by atoms with Crippen molar-refractivity contribution < 1.29 is 9.59 Å². The van der Waals surface area contributed by atoms with Crippen molar-refractivity contribution in [2.24, 2.45) is 0 Å². The van der Waals surface area contributed by atoms with Crippen LogP contribution in [0.15, 0.2) is 66.5 Å². The molecule has 0 bridgehead atoms. The summed E-state index contributed by atoms with van der Waals surface area (Å²) in [6, 6.07) is 12.4. The average molecular weight is 437 g/mol. The molecule has 3 N–H and O–H groups in total. The minimum atomic E-state index is -0.651. The van der Waals surface area contributed by atoms with Gasteiger partial charge in [-0.1, -0.05) is 42.0 Å². The summed E-state index contributed by atoms with van der Waals surface area (Å²) in [7, 11) is 0. The molecule has 0 saturated carbocycles. The molecule has 3 rings (SSSR count). The van der Waals surface area contributed by atoms with Crippen molar-refractivity contribution in [2.75, 3.05) is 19.6 Å². The van der Waals surface area contributed by atoms with Gasteiger partial charge >= 0.3 is 0 Å². The first-order valence-corrected chi connectivity index (χ1v) is 9.13. The number of pyridine rings is 1. The summed E-state index contributed by atoms with van der Waals surface area (Å²) < 4.78 is 0. The number of aromatic nitrogens is 1. The summed E-state index contributed by atoms with van der Waals surface area (Å²) in [5, 5.41) is 9.06. The third-order valence-electron chi connectivity index (χ3n) is 4.48. The Bertz CT molecular complexity index is 801. The molecule has 0 saturated heterocycles. The van der Waals surface area contributed by atoms with Crippen LogP contribution in [0, 0.1) is 0 Å². The van der Waals surface area contributed by atoms with E-state index < -0.39 is 6.04 Å². The van der Waals surface area contributed by atoms with E-state index in [2.05, 4.69) is 27.0 Å².